The first-order valence-corrected chi connectivity index (χ1v) is 7.85. The van der Waals surface area contributed by atoms with Gasteiger partial charge in [0.1, 0.15) is 11.6 Å². The van der Waals surface area contributed by atoms with Crippen molar-refractivity contribution in [3.05, 3.63) is 59.8 Å². The number of rotatable bonds is 2. The summed E-state index contributed by atoms with van der Waals surface area (Å²) in [5.74, 6) is -0.274. The third-order valence-corrected chi connectivity index (χ3v) is 4.21. The molecule has 1 aliphatic heterocycles. The van der Waals surface area contributed by atoms with E-state index >= 15 is 0 Å². The highest BCUT2D eigenvalue weighted by molar-refractivity contribution is 5.48. The van der Waals surface area contributed by atoms with Crippen molar-refractivity contribution in [1.82, 2.24) is 24.9 Å². The van der Waals surface area contributed by atoms with Gasteiger partial charge in [-0.3, -0.25) is 0 Å². The molecule has 1 atom stereocenters. The van der Waals surface area contributed by atoms with Gasteiger partial charge in [0.05, 0.1) is 11.7 Å². The number of aromatic nitrogens is 5. The Labute approximate surface area is 142 Å². The van der Waals surface area contributed by atoms with E-state index in [-0.39, 0.29) is 11.9 Å². The molecule has 0 radical (unpaired) electrons. The Kier molecular flexibility index (Phi) is 3.79. The Morgan fingerprint density at radius 1 is 1.04 bits per heavy atom. The summed E-state index contributed by atoms with van der Waals surface area (Å²) in [5, 5.41) is 0. The molecule has 6 nitrogen and oxygen atoms in total. The van der Waals surface area contributed by atoms with Crippen LogP contribution in [0.4, 0.5) is 14.6 Å². The van der Waals surface area contributed by atoms with Crippen LogP contribution in [0.2, 0.25) is 0 Å². The Morgan fingerprint density at radius 3 is 2.60 bits per heavy atom. The van der Waals surface area contributed by atoms with Crippen LogP contribution in [0.1, 0.15) is 24.2 Å². The number of hydrogen-bond acceptors (Lipinski definition) is 6. The summed E-state index contributed by atoms with van der Waals surface area (Å²) in [6.07, 6.45) is 5.61. The van der Waals surface area contributed by atoms with Crippen molar-refractivity contribution in [2.45, 2.75) is 19.4 Å². The molecule has 0 saturated carbocycles. The van der Waals surface area contributed by atoms with E-state index in [9.17, 15) is 8.78 Å². The molecule has 1 unspecified atom stereocenters. The highest BCUT2D eigenvalue weighted by Crippen LogP contribution is 2.32. The third-order valence-electron chi connectivity index (χ3n) is 4.21. The predicted octanol–water partition coefficient (Wildman–Crippen LogP) is 2.73. The van der Waals surface area contributed by atoms with E-state index in [0.717, 1.165) is 17.3 Å². The topological polar surface area (TPSA) is 67.7 Å². The molecule has 8 heteroatoms. The van der Waals surface area contributed by atoms with Crippen LogP contribution < -0.4 is 4.90 Å². The molecule has 0 N–H and O–H groups in total. The summed E-state index contributed by atoms with van der Waals surface area (Å²) >= 11 is 0. The minimum Gasteiger partial charge on any atom is -0.349 e. The molecule has 0 amide bonds. The second-order valence-corrected chi connectivity index (χ2v) is 5.75. The minimum atomic E-state index is -0.833. The van der Waals surface area contributed by atoms with E-state index in [1.165, 1.54) is 6.07 Å². The van der Waals surface area contributed by atoms with Gasteiger partial charge in [-0.05, 0) is 13.0 Å². The van der Waals surface area contributed by atoms with Crippen LogP contribution in [0.5, 0.6) is 0 Å². The first-order chi connectivity index (χ1) is 12.1. The molecule has 4 heterocycles. The first kappa shape index (κ1) is 15.5. The highest BCUT2D eigenvalue weighted by atomic mass is 19.1. The van der Waals surface area contributed by atoms with Gasteiger partial charge in [-0.25, -0.2) is 29.3 Å². The largest absolute Gasteiger partial charge is 0.349 e. The zero-order valence-corrected chi connectivity index (χ0v) is 13.4. The fraction of sp³-hybridized carbons (Fsp3) is 0.235. The molecule has 0 saturated heterocycles. The van der Waals surface area contributed by atoms with E-state index < -0.39 is 11.8 Å². The summed E-state index contributed by atoms with van der Waals surface area (Å²) in [5.41, 5.74) is 1.79. The number of nitrogens with zero attached hydrogens (tertiary/aromatic N) is 6. The average Bonchev–Trinajstić information content (AvgIpc) is 2.61. The Hall–Kier alpha value is -3.03. The molecule has 1 aliphatic rings. The van der Waals surface area contributed by atoms with Gasteiger partial charge in [-0.1, -0.05) is 0 Å². The van der Waals surface area contributed by atoms with Crippen molar-refractivity contribution in [3.63, 3.8) is 0 Å². The second kappa shape index (κ2) is 6.12. The summed E-state index contributed by atoms with van der Waals surface area (Å²) in [7, 11) is 0. The monoisotopic (exact) mass is 340 g/mol. The number of pyridine rings is 1. The van der Waals surface area contributed by atoms with Crippen LogP contribution in [0.25, 0.3) is 11.6 Å². The molecular weight excluding hydrogens is 326 g/mol. The molecule has 25 heavy (non-hydrogen) atoms. The van der Waals surface area contributed by atoms with E-state index in [4.69, 9.17) is 0 Å². The molecule has 0 aromatic carbocycles. The lowest BCUT2D eigenvalue weighted by Crippen LogP contribution is -2.35. The van der Waals surface area contributed by atoms with Gasteiger partial charge < -0.3 is 4.90 Å². The van der Waals surface area contributed by atoms with Gasteiger partial charge in [0, 0.05) is 49.3 Å². The van der Waals surface area contributed by atoms with E-state index in [1.807, 2.05) is 11.8 Å². The van der Waals surface area contributed by atoms with Crippen molar-refractivity contribution in [2.24, 2.45) is 0 Å². The maximum Gasteiger partial charge on any atom is 0.217 e. The SMILES string of the molecule is CC1c2cnc(-c3ncccn3)nc2CCN1c1cc(F)cc(F)n1. The molecule has 126 valence electrons. The lowest BCUT2D eigenvalue weighted by Gasteiger charge is -2.35. The van der Waals surface area contributed by atoms with Crippen LogP contribution in [0, 0.1) is 11.8 Å². The lowest BCUT2D eigenvalue weighted by molar-refractivity contribution is 0.537. The maximum absolute atomic E-state index is 13.5. The van der Waals surface area contributed by atoms with Crippen molar-refractivity contribution in [1.29, 1.82) is 0 Å². The molecule has 0 aliphatic carbocycles. The zero-order valence-electron chi connectivity index (χ0n) is 13.4. The van der Waals surface area contributed by atoms with Gasteiger partial charge in [-0.15, -0.1) is 0 Å². The normalized spacial score (nSPS) is 16.6. The quantitative estimate of drug-likeness (QED) is 0.668. The van der Waals surface area contributed by atoms with Gasteiger partial charge in [-0.2, -0.15) is 4.39 Å². The van der Waals surface area contributed by atoms with Crippen LogP contribution >= 0.6 is 0 Å². The van der Waals surface area contributed by atoms with Crippen LogP contribution in [-0.2, 0) is 6.42 Å². The second-order valence-electron chi connectivity index (χ2n) is 5.75. The maximum atomic E-state index is 13.5. The third kappa shape index (κ3) is 2.90. The summed E-state index contributed by atoms with van der Waals surface area (Å²) in [6.45, 7) is 2.49. The van der Waals surface area contributed by atoms with E-state index in [0.29, 0.717) is 24.6 Å². The molecule has 3 aromatic heterocycles. The molecular formula is C17H14F2N6. The molecule has 3 aromatic rings. The standard InChI is InChI=1S/C17H14F2N6/c1-10-12-9-22-17(16-20-4-2-5-21-16)23-13(12)3-6-25(10)15-8-11(18)7-14(19)24-15/h2,4-5,7-10H,3,6H2,1H3. The highest BCUT2D eigenvalue weighted by Gasteiger charge is 2.27. The molecule has 0 fully saturated rings. The van der Waals surface area contributed by atoms with Crippen molar-refractivity contribution in [3.8, 4) is 11.6 Å². The summed E-state index contributed by atoms with van der Waals surface area (Å²) in [4.78, 5) is 22.9. The van der Waals surface area contributed by atoms with Crippen LogP contribution in [-0.4, -0.2) is 31.5 Å². The molecule has 0 bridgehead atoms. The first-order valence-electron chi connectivity index (χ1n) is 7.85. The Morgan fingerprint density at radius 2 is 1.84 bits per heavy atom. The summed E-state index contributed by atoms with van der Waals surface area (Å²) < 4.78 is 26.9. The molecule has 0 spiro atoms. The van der Waals surface area contributed by atoms with E-state index in [1.54, 1.807) is 24.7 Å². The van der Waals surface area contributed by atoms with Gasteiger partial charge in [0.2, 0.25) is 5.95 Å². The zero-order chi connectivity index (χ0) is 17.4. The lowest BCUT2D eigenvalue weighted by atomic mass is 9.99. The van der Waals surface area contributed by atoms with Gasteiger partial charge >= 0.3 is 0 Å². The van der Waals surface area contributed by atoms with Crippen LogP contribution in [0.3, 0.4) is 0 Å². The average molecular weight is 340 g/mol. The Bertz CT molecular complexity index is 898. The number of fused-ring (bicyclic) bond motifs is 1. The van der Waals surface area contributed by atoms with Gasteiger partial charge in [0.15, 0.2) is 11.6 Å². The number of anilines is 1. The minimum absolute atomic E-state index is 0.150. The van der Waals surface area contributed by atoms with Crippen molar-refractivity contribution >= 4 is 5.82 Å². The predicted molar refractivity (Wildman–Crippen MR) is 86.7 cm³/mol. The summed E-state index contributed by atoms with van der Waals surface area (Å²) in [6, 6.07) is 3.58. The number of hydrogen-bond donors (Lipinski definition) is 0. The van der Waals surface area contributed by atoms with E-state index in [2.05, 4.69) is 24.9 Å². The fourth-order valence-corrected chi connectivity index (χ4v) is 3.00. The van der Waals surface area contributed by atoms with Crippen molar-refractivity contribution in [2.75, 3.05) is 11.4 Å². The fourth-order valence-electron chi connectivity index (χ4n) is 3.00. The van der Waals surface area contributed by atoms with Gasteiger partial charge in [0.25, 0.3) is 0 Å². The molecule has 4 rings (SSSR count). The number of halogens is 2. The Balaban J connectivity index is 1.68. The van der Waals surface area contributed by atoms with Crippen molar-refractivity contribution < 1.29 is 8.78 Å². The van der Waals surface area contributed by atoms with Crippen LogP contribution in [0.15, 0.2) is 36.8 Å². The smallest absolute Gasteiger partial charge is 0.217 e.